The molecule has 0 radical (unpaired) electrons. The van der Waals surface area contributed by atoms with Gasteiger partial charge in [0.2, 0.25) is 5.91 Å². The maximum absolute atomic E-state index is 15.5. The molecule has 0 saturated heterocycles. The van der Waals surface area contributed by atoms with Crippen molar-refractivity contribution in [3.63, 3.8) is 0 Å². The number of nitrogens with zero attached hydrogens (tertiary/aromatic N) is 3. The fourth-order valence-electron chi connectivity index (χ4n) is 11.8. The van der Waals surface area contributed by atoms with Crippen LogP contribution < -0.4 is 20.0 Å². The molecule has 0 fully saturated rings. The maximum atomic E-state index is 15.5. The smallest absolute Gasteiger partial charge is 0.305 e. The normalized spacial score (nSPS) is 21.1. The second-order valence-electron chi connectivity index (χ2n) is 20.1. The van der Waals surface area contributed by atoms with Crippen LogP contribution in [0.25, 0.3) is 5.57 Å². The Hall–Kier alpha value is -4.46. The van der Waals surface area contributed by atoms with E-state index >= 15 is 4.79 Å². The van der Waals surface area contributed by atoms with Gasteiger partial charge in [-0.15, -0.1) is 0 Å². The van der Waals surface area contributed by atoms with Crippen LogP contribution in [0.1, 0.15) is 128 Å². The summed E-state index contributed by atoms with van der Waals surface area (Å²) in [6.45, 7) is 14.1. The second-order valence-corrected chi connectivity index (χ2v) is 22.4. The van der Waals surface area contributed by atoms with Crippen molar-refractivity contribution in [1.29, 1.82) is 0 Å². The first kappa shape index (κ1) is 50.5. The molecule has 3 aromatic rings. The number of carboxylic acids is 1. The quantitative estimate of drug-likeness (QED) is 0.0771. The van der Waals surface area contributed by atoms with E-state index in [4.69, 9.17) is 52.0 Å². The highest BCUT2D eigenvalue weighted by atomic mass is 35.5. The van der Waals surface area contributed by atoms with E-state index in [0.29, 0.717) is 78.5 Å². The number of fused-ring (bicyclic) bond motifs is 8. The number of carboxylic acid groups (broad SMARTS) is 1. The highest BCUT2D eigenvalue weighted by Crippen LogP contribution is 2.65. The van der Waals surface area contributed by atoms with Crippen LogP contribution in [-0.2, 0) is 57.0 Å². The van der Waals surface area contributed by atoms with Gasteiger partial charge in [-0.05, 0) is 108 Å². The number of hydrazine groups is 1. The van der Waals surface area contributed by atoms with Crippen molar-refractivity contribution in [2.24, 2.45) is 0 Å². The summed E-state index contributed by atoms with van der Waals surface area (Å²) in [5, 5.41) is 10.5. The molecule has 2 atom stereocenters. The predicted octanol–water partition coefficient (Wildman–Crippen LogP) is 8.05. The minimum Gasteiger partial charge on any atom is -0.481 e. The molecule has 378 valence electrons. The van der Waals surface area contributed by atoms with Gasteiger partial charge in [-0.1, -0.05) is 36.2 Å². The zero-order chi connectivity index (χ0) is 49.9. The Kier molecular flexibility index (Phi) is 14.1. The molecule has 0 aliphatic carbocycles. The number of rotatable bonds is 19. The molecule has 0 bridgehead atoms. The summed E-state index contributed by atoms with van der Waals surface area (Å²) in [4.78, 5) is 45.3. The highest BCUT2D eigenvalue weighted by Gasteiger charge is 2.61. The number of benzene rings is 3. The first-order valence-corrected chi connectivity index (χ1v) is 26.6. The van der Waals surface area contributed by atoms with Gasteiger partial charge in [0.15, 0.2) is 0 Å². The van der Waals surface area contributed by atoms with E-state index in [1.165, 1.54) is 5.01 Å². The first-order chi connectivity index (χ1) is 33.3. The molecule has 3 N–H and O–H groups in total. The molecule has 6 heterocycles. The lowest BCUT2D eigenvalue weighted by Crippen LogP contribution is -2.57. The van der Waals surface area contributed by atoms with Gasteiger partial charge in [0.05, 0.1) is 87.5 Å². The Morgan fingerprint density at radius 2 is 1.40 bits per heavy atom. The lowest BCUT2D eigenvalue weighted by Gasteiger charge is -2.53. The zero-order valence-electron chi connectivity index (χ0n) is 40.4. The number of halogens is 2. The maximum Gasteiger partial charge on any atom is 0.305 e. The first-order valence-electron chi connectivity index (χ1n) is 24.3. The van der Waals surface area contributed by atoms with E-state index in [1.54, 1.807) is 12.1 Å². The number of carbonyl (C=O) groups excluding carboxylic acids is 2. The van der Waals surface area contributed by atoms with Crippen molar-refractivity contribution >= 4 is 68.1 Å². The Morgan fingerprint density at radius 3 is 2.01 bits per heavy atom. The van der Waals surface area contributed by atoms with E-state index < -0.39 is 44.7 Å². The number of nitrogens with one attached hydrogen (secondary N) is 1. The fourth-order valence-corrected chi connectivity index (χ4v) is 13.0. The zero-order valence-corrected chi connectivity index (χ0v) is 42.7. The van der Waals surface area contributed by atoms with Crippen molar-refractivity contribution in [3.05, 3.63) is 84.9 Å². The summed E-state index contributed by atoms with van der Waals surface area (Å²) in [7, 11) is -4.52. The Labute approximate surface area is 419 Å². The summed E-state index contributed by atoms with van der Waals surface area (Å²) in [6.07, 6.45) is 6.32. The fraction of sp³-hybridized carbons (Fsp3) is 0.549. The molecule has 0 aromatic heterocycles. The lowest BCUT2D eigenvalue weighted by atomic mass is 9.68. The number of anilines is 2. The van der Waals surface area contributed by atoms with E-state index in [1.807, 2.05) is 26.0 Å². The van der Waals surface area contributed by atoms with Crippen LogP contribution in [-0.4, -0.2) is 124 Å². The standard InChI is InChI=1S/C51H62Cl2N4O12S/c1-6-30-27-49(2,3)55-15-7-9-32-44(55)34(30)25-36-46(32)69-47-33-10-8-16-56-45(33)35(31(28-50(56,4)5)29-70(62,63)64)26-37(47)51(36)43-39(53)12-11-38(52)42(43)48(61)57(51)54-40(58)13-17-65-19-21-67-23-24-68-22-20-66-18-14-41(59)60/h11-12,25-26,28,30H,6-10,13-24,27,29H2,1-5H3,(H,54,58)(H,59,60)(H,62,63,64). The molecule has 1 spiro atoms. The molecule has 70 heavy (non-hydrogen) atoms. The van der Waals surface area contributed by atoms with Crippen LogP contribution in [0.3, 0.4) is 0 Å². The second kappa shape index (κ2) is 19.5. The van der Waals surface area contributed by atoms with Crippen LogP contribution in [0.15, 0.2) is 30.3 Å². The largest absolute Gasteiger partial charge is 0.481 e. The highest BCUT2D eigenvalue weighted by molar-refractivity contribution is 7.86. The summed E-state index contributed by atoms with van der Waals surface area (Å²) < 4.78 is 65.6. The van der Waals surface area contributed by atoms with Gasteiger partial charge < -0.3 is 38.6 Å². The topological polar surface area (TPSA) is 194 Å². The van der Waals surface area contributed by atoms with Gasteiger partial charge in [0.25, 0.3) is 16.0 Å². The lowest BCUT2D eigenvalue weighted by molar-refractivity contribution is -0.138. The van der Waals surface area contributed by atoms with Gasteiger partial charge in [0.1, 0.15) is 22.8 Å². The van der Waals surface area contributed by atoms with E-state index in [2.05, 4.69) is 42.1 Å². The van der Waals surface area contributed by atoms with Crippen molar-refractivity contribution in [2.45, 2.75) is 109 Å². The number of ether oxygens (including phenoxy) is 5. The van der Waals surface area contributed by atoms with Crippen molar-refractivity contribution in [2.75, 3.05) is 81.5 Å². The number of aliphatic carboxylic acids is 1. The van der Waals surface area contributed by atoms with Gasteiger partial charge in [0, 0.05) is 62.7 Å². The molecule has 16 nitrogen and oxygen atoms in total. The molecule has 0 saturated carbocycles. The average molecular weight is 1030 g/mol. The SMILES string of the molecule is CCC1CC(C)(C)N2CCCc3c4c(cc1c32)C1(c2cc3c5c(c2O4)CCCN5C(C)(C)C=C3CS(=O)(=O)O)c2c(Cl)ccc(Cl)c2C(=O)N1NC(=O)CCOCCOCCOCCOCCC(=O)O. The third-order valence-corrected chi connectivity index (χ3v) is 16.0. The molecule has 9 rings (SSSR count). The van der Waals surface area contributed by atoms with E-state index in [-0.39, 0.29) is 72.9 Å². The molecule has 2 unspecified atom stereocenters. The number of amides is 2. The third kappa shape index (κ3) is 8.96. The van der Waals surface area contributed by atoms with Crippen LogP contribution in [0, 0.1) is 0 Å². The van der Waals surface area contributed by atoms with Crippen LogP contribution >= 0.6 is 23.2 Å². The number of hydrogen-bond donors (Lipinski definition) is 3. The van der Waals surface area contributed by atoms with Gasteiger partial charge in [-0.25, -0.2) is 5.01 Å². The van der Waals surface area contributed by atoms with Gasteiger partial charge in [-0.3, -0.25) is 24.4 Å². The molecular formula is C51H62Cl2N4O12S. The third-order valence-electron chi connectivity index (χ3n) is 14.7. The van der Waals surface area contributed by atoms with E-state index in [0.717, 1.165) is 60.3 Å². The Bertz CT molecular complexity index is 2760. The van der Waals surface area contributed by atoms with Gasteiger partial charge in [-0.2, -0.15) is 8.42 Å². The summed E-state index contributed by atoms with van der Waals surface area (Å²) in [5.74, 6) is -1.42. The number of hydrogen-bond acceptors (Lipinski definition) is 12. The molecule has 2 amide bonds. The van der Waals surface area contributed by atoms with Crippen molar-refractivity contribution < 1.29 is 56.1 Å². The average Bonchev–Trinajstić information content (AvgIpc) is 3.55. The van der Waals surface area contributed by atoms with Gasteiger partial charge >= 0.3 is 5.97 Å². The monoisotopic (exact) mass is 1020 g/mol. The van der Waals surface area contributed by atoms with Crippen LogP contribution in [0.5, 0.6) is 11.5 Å². The minimum atomic E-state index is -4.52. The number of carbonyl (C=O) groups is 3. The Morgan fingerprint density at radius 1 is 0.829 bits per heavy atom. The summed E-state index contributed by atoms with van der Waals surface area (Å²) in [5.41, 5.74) is 8.08. The Balaban J connectivity index is 1.12. The van der Waals surface area contributed by atoms with Crippen LogP contribution in [0.2, 0.25) is 10.0 Å². The van der Waals surface area contributed by atoms with Crippen molar-refractivity contribution in [3.8, 4) is 11.5 Å². The molecule has 3 aromatic carbocycles. The molecule has 6 aliphatic heterocycles. The molecular weight excluding hydrogens is 964 g/mol. The predicted molar refractivity (Wildman–Crippen MR) is 265 cm³/mol. The van der Waals surface area contributed by atoms with E-state index in [9.17, 15) is 22.6 Å². The molecule has 19 heteroatoms. The van der Waals surface area contributed by atoms with Crippen LogP contribution in [0.4, 0.5) is 11.4 Å². The summed E-state index contributed by atoms with van der Waals surface area (Å²) in [6, 6.07) is 7.27. The molecule has 6 aliphatic rings. The minimum absolute atomic E-state index is 0.00761. The van der Waals surface area contributed by atoms with Crippen molar-refractivity contribution in [1.82, 2.24) is 10.4 Å². The summed E-state index contributed by atoms with van der Waals surface area (Å²) >= 11 is 14.5.